The van der Waals surface area contributed by atoms with Gasteiger partial charge in [-0.05, 0) is 44.0 Å². The van der Waals surface area contributed by atoms with Crippen LogP contribution >= 0.6 is 0 Å². The molecule has 2 aromatic rings. The van der Waals surface area contributed by atoms with E-state index in [1.807, 2.05) is 39.0 Å². The molecule has 1 amide bonds. The van der Waals surface area contributed by atoms with Crippen molar-refractivity contribution < 1.29 is 13.2 Å². The van der Waals surface area contributed by atoms with Crippen molar-refractivity contribution in [3.63, 3.8) is 0 Å². The Balaban J connectivity index is 1.91. The highest BCUT2D eigenvalue weighted by molar-refractivity contribution is 7.89. The second kappa shape index (κ2) is 7.59. The smallest absolute Gasteiger partial charge is 0.240 e. The summed E-state index contributed by atoms with van der Waals surface area (Å²) in [6.07, 6.45) is 0.0683. The number of hydrogen-bond donors (Lipinski definition) is 2. The van der Waals surface area contributed by atoms with E-state index in [1.165, 1.54) is 0 Å². The van der Waals surface area contributed by atoms with E-state index in [4.69, 9.17) is 0 Å². The molecule has 0 spiro atoms. The molecular weight excluding hydrogens is 324 g/mol. The fourth-order valence-electron chi connectivity index (χ4n) is 2.31. The van der Waals surface area contributed by atoms with Gasteiger partial charge in [0.15, 0.2) is 0 Å². The Hall–Kier alpha value is -2.18. The van der Waals surface area contributed by atoms with Crippen LogP contribution in [0.1, 0.15) is 23.1 Å². The molecule has 0 saturated carbocycles. The van der Waals surface area contributed by atoms with Gasteiger partial charge in [-0.2, -0.15) is 0 Å². The average molecular weight is 346 g/mol. The number of hydrogen-bond acceptors (Lipinski definition) is 3. The van der Waals surface area contributed by atoms with Crippen molar-refractivity contribution in [2.75, 3.05) is 11.9 Å². The van der Waals surface area contributed by atoms with Gasteiger partial charge >= 0.3 is 0 Å². The average Bonchev–Trinajstić information content (AvgIpc) is 2.51. The summed E-state index contributed by atoms with van der Waals surface area (Å²) < 4.78 is 26.7. The Kier molecular flexibility index (Phi) is 5.75. The van der Waals surface area contributed by atoms with E-state index in [1.54, 1.807) is 24.3 Å². The number of aryl methyl sites for hydroxylation is 3. The molecule has 0 unspecified atom stereocenters. The second-order valence-corrected chi connectivity index (χ2v) is 7.54. The zero-order valence-electron chi connectivity index (χ0n) is 14.1. The number of para-hydroxylation sites is 1. The first-order valence-electron chi connectivity index (χ1n) is 7.72. The van der Waals surface area contributed by atoms with E-state index in [0.717, 1.165) is 22.4 Å². The number of sulfonamides is 1. The number of carbonyl (C=O) groups excluding carboxylic acids is 1. The van der Waals surface area contributed by atoms with E-state index in [9.17, 15) is 13.2 Å². The summed E-state index contributed by atoms with van der Waals surface area (Å²) in [6.45, 7) is 5.78. The third-order valence-electron chi connectivity index (χ3n) is 3.72. The molecule has 0 aliphatic carbocycles. The molecule has 0 radical (unpaired) electrons. The fraction of sp³-hybridized carbons (Fsp3) is 0.278. The molecule has 0 aliphatic rings. The Bertz CT molecular complexity index is 808. The van der Waals surface area contributed by atoms with Crippen molar-refractivity contribution in [1.82, 2.24) is 4.72 Å². The Morgan fingerprint density at radius 3 is 2.12 bits per heavy atom. The van der Waals surface area contributed by atoms with Gasteiger partial charge in [0.1, 0.15) is 0 Å². The summed E-state index contributed by atoms with van der Waals surface area (Å²) in [5.74, 6) is -0.223. The summed E-state index contributed by atoms with van der Waals surface area (Å²) >= 11 is 0. The maximum Gasteiger partial charge on any atom is 0.240 e. The molecule has 0 saturated heterocycles. The first kappa shape index (κ1) is 18.2. The summed E-state index contributed by atoms with van der Waals surface area (Å²) in [6, 6.07) is 12.3. The minimum Gasteiger partial charge on any atom is -0.326 e. The number of rotatable bonds is 6. The lowest BCUT2D eigenvalue weighted by atomic mass is 10.1. The normalized spacial score (nSPS) is 11.3. The quantitative estimate of drug-likeness (QED) is 0.844. The molecule has 2 rings (SSSR count). The van der Waals surface area contributed by atoms with Crippen molar-refractivity contribution in [2.24, 2.45) is 0 Å². The van der Waals surface area contributed by atoms with Crippen molar-refractivity contribution >= 4 is 21.6 Å². The van der Waals surface area contributed by atoms with Crippen LogP contribution in [0.5, 0.6) is 0 Å². The van der Waals surface area contributed by atoms with Gasteiger partial charge in [0, 0.05) is 18.7 Å². The number of anilines is 1. The van der Waals surface area contributed by atoms with Crippen LogP contribution in [0.25, 0.3) is 0 Å². The third kappa shape index (κ3) is 4.66. The van der Waals surface area contributed by atoms with Crippen molar-refractivity contribution in [3.8, 4) is 0 Å². The summed E-state index contributed by atoms with van der Waals surface area (Å²) in [7, 11) is -3.59. The molecule has 128 valence electrons. The number of benzene rings is 2. The van der Waals surface area contributed by atoms with Crippen molar-refractivity contribution in [2.45, 2.75) is 32.1 Å². The highest BCUT2D eigenvalue weighted by Gasteiger charge is 2.14. The van der Waals surface area contributed by atoms with Gasteiger partial charge in [0.05, 0.1) is 4.90 Å². The van der Waals surface area contributed by atoms with E-state index < -0.39 is 10.0 Å². The van der Waals surface area contributed by atoms with Crippen molar-refractivity contribution in [1.29, 1.82) is 0 Å². The molecule has 24 heavy (non-hydrogen) atoms. The molecule has 5 nitrogen and oxygen atoms in total. The Morgan fingerprint density at radius 1 is 0.958 bits per heavy atom. The van der Waals surface area contributed by atoms with Crippen molar-refractivity contribution in [3.05, 3.63) is 59.2 Å². The minimum absolute atomic E-state index is 0.0486. The summed E-state index contributed by atoms with van der Waals surface area (Å²) in [4.78, 5) is 12.2. The lowest BCUT2D eigenvalue weighted by Crippen LogP contribution is -2.28. The largest absolute Gasteiger partial charge is 0.326 e. The van der Waals surface area contributed by atoms with Crippen LogP contribution < -0.4 is 10.0 Å². The molecule has 6 heteroatoms. The number of carbonyl (C=O) groups is 1. The fourth-order valence-corrected chi connectivity index (χ4v) is 3.35. The van der Waals surface area contributed by atoms with Crippen LogP contribution in [0.2, 0.25) is 0 Å². The second-order valence-electron chi connectivity index (χ2n) is 5.78. The van der Waals surface area contributed by atoms with Gasteiger partial charge in [-0.1, -0.05) is 35.9 Å². The predicted octanol–water partition coefficient (Wildman–Crippen LogP) is 2.92. The highest BCUT2D eigenvalue weighted by atomic mass is 32.2. The SMILES string of the molecule is Cc1ccc(S(=O)(=O)NCCC(=O)Nc2c(C)cccc2C)cc1. The van der Waals surface area contributed by atoms with Gasteiger partial charge in [-0.25, -0.2) is 13.1 Å². The topological polar surface area (TPSA) is 75.3 Å². The van der Waals surface area contributed by atoms with E-state index >= 15 is 0 Å². The van der Waals surface area contributed by atoms with Crippen LogP contribution in [0.4, 0.5) is 5.69 Å². The predicted molar refractivity (Wildman–Crippen MR) is 95.5 cm³/mol. The zero-order valence-corrected chi connectivity index (χ0v) is 14.9. The first-order chi connectivity index (χ1) is 11.3. The van der Waals surface area contributed by atoms with E-state index in [-0.39, 0.29) is 23.8 Å². The maximum atomic E-state index is 12.1. The standard InChI is InChI=1S/C18H22N2O3S/c1-13-7-9-16(10-8-13)24(22,23)19-12-11-17(21)20-18-14(2)5-4-6-15(18)3/h4-10,19H,11-12H2,1-3H3,(H,20,21). The third-order valence-corrected chi connectivity index (χ3v) is 5.20. The van der Waals surface area contributed by atoms with Crippen LogP contribution in [0.3, 0.4) is 0 Å². The minimum atomic E-state index is -3.59. The lowest BCUT2D eigenvalue weighted by Gasteiger charge is -2.12. The van der Waals surface area contributed by atoms with Gasteiger partial charge in [-0.3, -0.25) is 4.79 Å². The maximum absolute atomic E-state index is 12.1. The zero-order chi connectivity index (χ0) is 17.7. The molecular formula is C18H22N2O3S. The van der Waals surface area contributed by atoms with Gasteiger partial charge in [-0.15, -0.1) is 0 Å². The highest BCUT2D eigenvalue weighted by Crippen LogP contribution is 2.19. The van der Waals surface area contributed by atoms with Gasteiger partial charge in [0.2, 0.25) is 15.9 Å². The van der Waals surface area contributed by atoms with Gasteiger partial charge in [0.25, 0.3) is 0 Å². The molecule has 0 bridgehead atoms. The van der Waals surface area contributed by atoms with E-state index in [0.29, 0.717) is 0 Å². The molecule has 0 fully saturated rings. The van der Waals surface area contributed by atoms with Crippen LogP contribution in [-0.2, 0) is 14.8 Å². The van der Waals surface area contributed by atoms with Crippen LogP contribution in [0.15, 0.2) is 47.4 Å². The van der Waals surface area contributed by atoms with Crippen LogP contribution in [-0.4, -0.2) is 20.9 Å². The van der Waals surface area contributed by atoms with E-state index in [2.05, 4.69) is 10.0 Å². The number of nitrogens with one attached hydrogen (secondary N) is 2. The van der Waals surface area contributed by atoms with Gasteiger partial charge < -0.3 is 5.32 Å². The molecule has 2 aromatic carbocycles. The lowest BCUT2D eigenvalue weighted by molar-refractivity contribution is -0.116. The first-order valence-corrected chi connectivity index (χ1v) is 9.20. The van der Waals surface area contributed by atoms with Crippen LogP contribution in [0, 0.1) is 20.8 Å². The molecule has 2 N–H and O–H groups in total. The number of amides is 1. The monoisotopic (exact) mass is 346 g/mol. The molecule has 0 aromatic heterocycles. The summed E-state index contributed by atoms with van der Waals surface area (Å²) in [5, 5.41) is 2.84. The molecule has 0 aliphatic heterocycles. The summed E-state index contributed by atoms with van der Waals surface area (Å²) in [5.41, 5.74) is 3.72. The molecule has 0 heterocycles. The Morgan fingerprint density at radius 2 is 1.54 bits per heavy atom. The Labute approximate surface area is 143 Å². The molecule has 0 atom stereocenters.